The van der Waals surface area contributed by atoms with Crippen LogP contribution in [0.2, 0.25) is 0 Å². The van der Waals surface area contributed by atoms with Crippen LogP contribution in [-0.4, -0.2) is 16.2 Å². The van der Waals surface area contributed by atoms with Gasteiger partial charge in [-0.2, -0.15) is 5.10 Å². The van der Waals surface area contributed by atoms with Crippen LogP contribution in [0.3, 0.4) is 0 Å². The summed E-state index contributed by atoms with van der Waals surface area (Å²) in [5, 5.41) is 10.9. The standard InChI is InChI=1S/C10H13N3/c1-4-5-9(3)12-10-6-8(2)7-11-13-10/h1,6-7,9H,5H2,2-3H3,(H,12,13). The molecule has 1 aromatic heterocycles. The first-order valence-electron chi connectivity index (χ1n) is 4.21. The van der Waals surface area contributed by atoms with Crippen molar-refractivity contribution in [3.8, 4) is 12.3 Å². The van der Waals surface area contributed by atoms with Crippen LogP contribution in [0, 0.1) is 19.3 Å². The first kappa shape index (κ1) is 9.53. The summed E-state index contributed by atoms with van der Waals surface area (Å²) in [5.41, 5.74) is 1.09. The van der Waals surface area contributed by atoms with Gasteiger partial charge in [-0.15, -0.1) is 17.4 Å². The number of terminal acetylenes is 1. The topological polar surface area (TPSA) is 37.8 Å². The number of aromatic nitrogens is 2. The maximum Gasteiger partial charge on any atom is 0.149 e. The Hall–Kier alpha value is -1.56. The second-order valence-corrected chi connectivity index (χ2v) is 3.07. The number of rotatable bonds is 3. The molecule has 1 heterocycles. The van der Waals surface area contributed by atoms with Gasteiger partial charge < -0.3 is 5.32 Å². The number of nitrogens with zero attached hydrogens (tertiary/aromatic N) is 2. The molecule has 68 valence electrons. The van der Waals surface area contributed by atoms with Crippen LogP contribution in [0.5, 0.6) is 0 Å². The molecule has 3 heteroatoms. The first-order chi connectivity index (χ1) is 6.22. The lowest BCUT2D eigenvalue weighted by atomic mass is 10.2. The van der Waals surface area contributed by atoms with E-state index in [-0.39, 0.29) is 6.04 Å². The summed E-state index contributed by atoms with van der Waals surface area (Å²) in [7, 11) is 0. The summed E-state index contributed by atoms with van der Waals surface area (Å²) < 4.78 is 0. The second kappa shape index (κ2) is 4.46. The van der Waals surface area contributed by atoms with Gasteiger partial charge in [0.2, 0.25) is 0 Å². The molecule has 1 unspecified atom stereocenters. The van der Waals surface area contributed by atoms with Crippen LogP contribution in [0.4, 0.5) is 5.82 Å². The van der Waals surface area contributed by atoms with Crippen LogP contribution in [0.1, 0.15) is 18.9 Å². The van der Waals surface area contributed by atoms with Crippen molar-refractivity contribution < 1.29 is 0 Å². The van der Waals surface area contributed by atoms with Crippen molar-refractivity contribution in [2.75, 3.05) is 5.32 Å². The Labute approximate surface area is 78.6 Å². The lowest BCUT2D eigenvalue weighted by molar-refractivity contribution is 0.812. The molecule has 0 aliphatic carbocycles. The molecule has 1 aromatic rings. The number of anilines is 1. The Morgan fingerprint density at radius 1 is 1.69 bits per heavy atom. The van der Waals surface area contributed by atoms with E-state index in [2.05, 4.69) is 21.4 Å². The normalized spacial score (nSPS) is 11.8. The van der Waals surface area contributed by atoms with E-state index in [1.54, 1.807) is 6.20 Å². The number of nitrogens with one attached hydrogen (secondary N) is 1. The van der Waals surface area contributed by atoms with Gasteiger partial charge in [0.25, 0.3) is 0 Å². The maximum absolute atomic E-state index is 5.19. The number of aryl methyl sites for hydroxylation is 1. The highest BCUT2D eigenvalue weighted by Crippen LogP contribution is 2.06. The third kappa shape index (κ3) is 3.12. The van der Waals surface area contributed by atoms with E-state index >= 15 is 0 Å². The molecule has 13 heavy (non-hydrogen) atoms. The predicted molar refractivity (Wildman–Crippen MR) is 53.3 cm³/mol. The van der Waals surface area contributed by atoms with Gasteiger partial charge in [-0.1, -0.05) is 0 Å². The van der Waals surface area contributed by atoms with Crippen molar-refractivity contribution in [1.29, 1.82) is 0 Å². The Kier molecular flexibility index (Phi) is 3.27. The lowest BCUT2D eigenvalue weighted by Crippen LogP contribution is -2.15. The Balaban J connectivity index is 2.59. The summed E-state index contributed by atoms with van der Waals surface area (Å²) in [6.45, 7) is 4.00. The van der Waals surface area contributed by atoms with E-state index in [0.29, 0.717) is 6.42 Å². The minimum Gasteiger partial charge on any atom is -0.365 e. The summed E-state index contributed by atoms with van der Waals surface area (Å²) in [6, 6.07) is 2.18. The molecule has 1 N–H and O–H groups in total. The average molecular weight is 175 g/mol. The van der Waals surface area contributed by atoms with E-state index in [1.807, 2.05) is 19.9 Å². The Bertz CT molecular complexity index is 314. The molecule has 0 radical (unpaired) electrons. The van der Waals surface area contributed by atoms with Gasteiger partial charge in [0.05, 0.1) is 6.20 Å². The molecule has 0 saturated carbocycles. The van der Waals surface area contributed by atoms with Crippen LogP contribution in [0.15, 0.2) is 12.3 Å². The number of hydrogen-bond acceptors (Lipinski definition) is 3. The quantitative estimate of drug-likeness (QED) is 0.709. The fourth-order valence-corrected chi connectivity index (χ4v) is 1.01. The lowest BCUT2D eigenvalue weighted by Gasteiger charge is -2.10. The molecule has 0 saturated heterocycles. The van der Waals surface area contributed by atoms with Crippen molar-refractivity contribution >= 4 is 5.82 Å². The smallest absolute Gasteiger partial charge is 0.149 e. The van der Waals surface area contributed by atoms with Crippen molar-refractivity contribution in [1.82, 2.24) is 10.2 Å². The highest BCUT2D eigenvalue weighted by molar-refractivity contribution is 5.36. The van der Waals surface area contributed by atoms with Crippen LogP contribution in [0.25, 0.3) is 0 Å². The molecule has 3 nitrogen and oxygen atoms in total. The van der Waals surface area contributed by atoms with E-state index in [1.165, 1.54) is 0 Å². The highest BCUT2D eigenvalue weighted by atomic mass is 15.2. The third-order valence-corrected chi connectivity index (χ3v) is 1.61. The van der Waals surface area contributed by atoms with Gasteiger partial charge in [0.15, 0.2) is 0 Å². The zero-order valence-electron chi connectivity index (χ0n) is 7.91. The molecule has 0 bridgehead atoms. The minimum atomic E-state index is 0.237. The molecular formula is C10H13N3. The highest BCUT2D eigenvalue weighted by Gasteiger charge is 2.00. The molecule has 0 aliphatic heterocycles. The van der Waals surface area contributed by atoms with Gasteiger partial charge in [-0.3, -0.25) is 0 Å². The SMILES string of the molecule is C#CCC(C)Nc1cc(C)cnn1. The monoisotopic (exact) mass is 175 g/mol. The fourth-order valence-electron chi connectivity index (χ4n) is 1.01. The van der Waals surface area contributed by atoms with Gasteiger partial charge in [-0.05, 0) is 25.5 Å². The summed E-state index contributed by atoms with van der Waals surface area (Å²) in [4.78, 5) is 0. The summed E-state index contributed by atoms with van der Waals surface area (Å²) in [6.07, 6.45) is 7.60. The van der Waals surface area contributed by atoms with E-state index in [4.69, 9.17) is 6.42 Å². The van der Waals surface area contributed by atoms with E-state index in [9.17, 15) is 0 Å². The molecule has 0 aliphatic rings. The predicted octanol–water partition coefficient (Wildman–Crippen LogP) is 1.61. The van der Waals surface area contributed by atoms with E-state index < -0.39 is 0 Å². The van der Waals surface area contributed by atoms with E-state index in [0.717, 1.165) is 11.4 Å². The van der Waals surface area contributed by atoms with Crippen LogP contribution >= 0.6 is 0 Å². The van der Waals surface area contributed by atoms with Crippen molar-refractivity contribution in [3.05, 3.63) is 17.8 Å². The zero-order valence-corrected chi connectivity index (χ0v) is 7.91. The molecule has 1 rings (SSSR count). The fraction of sp³-hybridized carbons (Fsp3) is 0.400. The van der Waals surface area contributed by atoms with Crippen LogP contribution < -0.4 is 5.32 Å². The Morgan fingerprint density at radius 2 is 2.46 bits per heavy atom. The van der Waals surface area contributed by atoms with Crippen molar-refractivity contribution in [2.45, 2.75) is 26.3 Å². The minimum absolute atomic E-state index is 0.237. The zero-order chi connectivity index (χ0) is 9.68. The molecule has 0 amide bonds. The molecule has 1 atom stereocenters. The first-order valence-corrected chi connectivity index (χ1v) is 4.21. The van der Waals surface area contributed by atoms with Gasteiger partial charge >= 0.3 is 0 Å². The number of hydrogen-bond donors (Lipinski definition) is 1. The Morgan fingerprint density at radius 3 is 3.08 bits per heavy atom. The van der Waals surface area contributed by atoms with Crippen molar-refractivity contribution in [3.63, 3.8) is 0 Å². The summed E-state index contributed by atoms with van der Waals surface area (Å²) >= 11 is 0. The maximum atomic E-state index is 5.19. The third-order valence-electron chi connectivity index (χ3n) is 1.61. The van der Waals surface area contributed by atoms with Gasteiger partial charge in [0.1, 0.15) is 5.82 Å². The molecular weight excluding hydrogens is 162 g/mol. The second-order valence-electron chi connectivity index (χ2n) is 3.07. The van der Waals surface area contributed by atoms with Crippen LogP contribution in [-0.2, 0) is 0 Å². The van der Waals surface area contributed by atoms with Gasteiger partial charge in [0, 0.05) is 12.5 Å². The largest absolute Gasteiger partial charge is 0.365 e. The summed E-state index contributed by atoms with van der Waals surface area (Å²) in [5.74, 6) is 3.37. The molecule has 0 aromatic carbocycles. The van der Waals surface area contributed by atoms with Crippen molar-refractivity contribution in [2.24, 2.45) is 0 Å². The average Bonchev–Trinajstić information content (AvgIpc) is 2.04. The molecule has 0 fully saturated rings. The van der Waals surface area contributed by atoms with Gasteiger partial charge in [-0.25, -0.2) is 0 Å². The molecule has 0 spiro atoms.